The van der Waals surface area contributed by atoms with Crippen LogP contribution in [-0.2, 0) is 4.79 Å². The van der Waals surface area contributed by atoms with E-state index in [2.05, 4.69) is 26.4 Å². The Kier molecular flexibility index (Phi) is 5.56. The smallest absolute Gasteiger partial charge is 0.298 e. The molecule has 2 aromatic heterocycles. The van der Waals surface area contributed by atoms with E-state index in [0.29, 0.717) is 30.0 Å². The van der Waals surface area contributed by atoms with Gasteiger partial charge in [0.1, 0.15) is 17.8 Å². The number of nitrogens with two attached hydrogens (primary N) is 1. The number of rotatable bonds is 4. The average Bonchev–Trinajstić information content (AvgIpc) is 3.50. The molecule has 2 aromatic carbocycles. The number of anilines is 1. The monoisotopic (exact) mass is 449 g/mol. The van der Waals surface area contributed by atoms with E-state index in [9.17, 15) is 9.59 Å². The second-order valence-corrected chi connectivity index (χ2v) is 8.25. The maximum absolute atomic E-state index is 12.8. The minimum atomic E-state index is -0.158. The molecule has 0 saturated carbocycles. The molecule has 0 bridgehead atoms. The second-order valence-electron chi connectivity index (χ2n) is 8.25. The average molecular weight is 450 g/mol. The van der Waals surface area contributed by atoms with E-state index in [1.165, 1.54) is 6.33 Å². The van der Waals surface area contributed by atoms with E-state index >= 15 is 0 Å². The van der Waals surface area contributed by atoms with Gasteiger partial charge in [-0.2, -0.15) is 0 Å². The Morgan fingerprint density at radius 3 is 2.50 bits per heavy atom. The lowest BCUT2D eigenvalue weighted by Crippen LogP contribution is -2.27. The molecule has 3 heterocycles. The Labute approximate surface area is 197 Å². The predicted octanol–water partition coefficient (Wildman–Crippen LogP) is 3.71. The maximum atomic E-state index is 12.8. The Morgan fingerprint density at radius 1 is 1.03 bits per heavy atom. The third kappa shape index (κ3) is 3.80. The van der Waals surface area contributed by atoms with E-state index in [1.54, 1.807) is 11.8 Å². The highest BCUT2D eigenvalue weighted by atomic mass is 16.2. The van der Waals surface area contributed by atoms with E-state index in [0.717, 1.165) is 28.6 Å². The van der Waals surface area contributed by atoms with Gasteiger partial charge in [-0.15, -0.1) is 0 Å². The molecule has 7 heteroatoms. The highest BCUT2D eigenvalue weighted by molar-refractivity contribution is 6.09. The van der Waals surface area contributed by atoms with E-state index in [1.807, 2.05) is 60.8 Å². The molecular weight excluding hydrogens is 426 g/mol. The lowest BCUT2D eigenvalue weighted by Gasteiger charge is -2.15. The van der Waals surface area contributed by atoms with Crippen LogP contribution in [0.5, 0.6) is 0 Å². The van der Waals surface area contributed by atoms with Crippen LogP contribution in [0, 0.1) is 11.8 Å². The number of hydrogen-bond acceptors (Lipinski definition) is 5. The van der Waals surface area contributed by atoms with Crippen molar-refractivity contribution in [2.45, 2.75) is 19.4 Å². The molecule has 1 atom stereocenters. The molecule has 0 unspecified atom stereocenters. The number of fused-ring (bicyclic) bond motifs is 1. The largest absolute Gasteiger partial charge is 0.383 e. The van der Waals surface area contributed by atoms with Gasteiger partial charge in [-0.05, 0) is 24.8 Å². The summed E-state index contributed by atoms with van der Waals surface area (Å²) in [5.74, 6) is 5.50. The van der Waals surface area contributed by atoms with Gasteiger partial charge in [0, 0.05) is 36.0 Å². The van der Waals surface area contributed by atoms with Crippen LogP contribution < -0.4 is 5.73 Å². The first-order valence-corrected chi connectivity index (χ1v) is 11.1. The minimum Gasteiger partial charge on any atom is -0.383 e. The fourth-order valence-corrected chi connectivity index (χ4v) is 4.50. The van der Waals surface area contributed by atoms with Crippen LogP contribution in [0.1, 0.15) is 35.3 Å². The van der Waals surface area contributed by atoms with Crippen LogP contribution in [0.2, 0.25) is 0 Å². The first-order valence-electron chi connectivity index (χ1n) is 11.1. The normalized spacial score (nSPS) is 15.2. The van der Waals surface area contributed by atoms with Gasteiger partial charge in [0.05, 0.1) is 11.4 Å². The fourth-order valence-electron chi connectivity index (χ4n) is 4.50. The number of hydrogen-bond donors (Lipinski definition) is 1. The number of nitrogen functional groups attached to an aromatic ring is 1. The summed E-state index contributed by atoms with van der Waals surface area (Å²) in [5, 5.41) is 0.766. The van der Waals surface area contributed by atoms with Crippen LogP contribution in [-0.4, -0.2) is 44.2 Å². The second kappa shape index (κ2) is 8.83. The summed E-state index contributed by atoms with van der Waals surface area (Å²) in [5.41, 5.74) is 10.1. The molecule has 4 aromatic rings. The number of carbonyl (C=O) groups excluding carboxylic acids is 2. The number of ketones is 1. The molecule has 34 heavy (non-hydrogen) atoms. The highest BCUT2D eigenvalue weighted by Crippen LogP contribution is 2.36. The zero-order valence-electron chi connectivity index (χ0n) is 18.7. The topological polar surface area (TPSA) is 94.1 Å². The first-order chi connectivity index (χ1) is 16.6. The van der Waals surface area contributed by atoms with Gasteiger partial charge < -0.3 is 15.2 Å². The zero-order chi connectivity index (χ0) is 23.7. The fraction of sp³-hybridized carbons (Fsp3) is 0.185. The summed E-state index contributed by atoms with van der Waals surface area (Å²) < 4.78 is 2.08. The number of nitrogens with zero attached hydrogens (tertiary/aromatic N) is 4. The van der Waals surface area contributed by atoms with Crippen LogP contribution in [0.4, 0.5) is 5.82 Å². The molecule has 1 fully saturated rings. The lowest BCUT2D eigenvalue weighted by atomic mass is 9.99. The van der Waals surface area contributed by atoms with Gasteiger partial charge in [0.25, 0.3) is 5.91 Å². The first kappa shape index (κ1) is 21.4. The molecule has 1 aliphatic heterocycles. The molecule has 0 aliphatic carbocycles. The molecule has 0 spiro atoms. The van der Waals surface area contributed by atoms with Crippen molar-refractivity contribution in [1.29, 1.82) is 0 Å². The lowest BCUT2D eigenvalue weighted by molar-refractivity contribution is -0.124. The summed E-state index contributed by atoms with van der Waals surface area (Å²) in [6.45, 7) is 2.87. The summed E-state index contributed by atoms with van der Waals surface area (Å²) in [6, 6.07) is 16.8. The van der Waals surface area contributed by atoms with E-state index in [4.69, 9.17) is 5.73 Å². The van der Waals surface area contributed by atoms with Crippen LogP contribution in [0.3, 0.4) is 0 Å². The minimum absolute atomic E-state index is 0.0247. The van der Waals surface area contributed by atoms with Gasteiger partial charge in [0.2, 0.25) is 0 Å². The molecule has 1 amide bonds. The van der Waals surface area contributed by atoms with Crippen molar-refractivity contribution in [1.82, 2.24) is 19.4 Å². The van der Waals surface area contributed by atoms with Crippen LogP contribution >= 0.6 is 0 Å². The summed E-state index contributed by atoms with van der Waals surface area (Å²) in [7, 11) is 0. The van der Waals surface area contributed by atoms with Crippen molar-refractivity contribution in [3.05, 3.63) is 78.2 Å². The molecule has 0 radical (unpaired) electrons. The Morgan fingerprint density at radius 2 is 1.76 bits per heavy atom. The van der Waals surface area contributed by atoms with Crippen molar-refractivity contribution in [3.63, 3.8) is 0 Å². The van der Waals surface area contributed by atoms with Gasteiger partial charge >= 0.3 is 0 Å². The Bertz CT molecular complexity index is 1450. The SMILES string of the molecule is CC#CC(=O)N1CC[C@@H](n2cc(-c3ccc(C(=O)c4ccccc4)cc3)c3c(N)ncnc32)C1. The molecule has 5 rings (SSSR count). The molecule has 7 nitrogen and oxygen atoms in total. The van der Waals surface area contributed by atoms with Crippen molar-refractivity contribution in [2.24, 2.45) is 0 Å². The van der Waals surface area contributed by atoms with Crippen LogP contribution in [0.25, 0.3) is 22.2 Å². The molecule has 1 aliphatic rings. The maximum Gasteiger partial charge on any atom is 0.298 e. The molecule has 168 valence electrons. The van der Waals surface area contributed by atoms with Gasteiger partial charge in [-0.25, -0.2) is 9.97 Å². The number of benzene rings is 2. The Balaban J connectivity index is 1.50. The summed E-state index contributed by atoms with van der Waals surface area (Å²) in [6.07, 6.45) is 4.28. The molecule has 2 N–H and O–H groups in total. The van der Waals surface area contributed by atoms with Crippen molar-refractivity contribution in [3.8, 4) is 23.0 Å². The number of aromatic nitrogens is 3. The molecular formula is C27H23N5O2. The predicted molar refractivity (Wildman–Crippen MR) is 131 cm³/mol. The van der Waals surface area contributed by atoms with Crippen molar-refractivity contribution >= 4 is 28.5 Å². The van der Waals surface area contributed by atoms with E-state index < -0.39 is 0 Å². The van der Waals surface area contributed by atoms with Crippen LogP contribution in [0.15, 0.2) is 67.1 Å². The third-order valence-electron chi connectivity index (χ3n) is 6.21. The third-order valence-corrected chi connectivity index (χ3v) is 6.21. The summed E-state index contributed by atoms with van der Waals surface area (Å²) in [4.78, 5) is 35.5. The van der Waals surface area contributed by atoms with E-state index in [-0.39, 0.29) is 17.7 Å². The standard InChI is InChI=1S/C27H23N5O2/c1-2-6-23(33)31-14-13-21(15-31)32-16-22(24-26(28)29-17-30-27(24)32)18-9-11-20(12-10-18)25(34)19-7-4-3-5-8-19/h3-5,7-12,16-17,21H,13-15H2,1H3,(H2,28,29,30)/t21-/m1/s1. The quantitative estimate of drug-likeness (QED) is 0.379. The van der Waals surface area contributed by atoms with Gasteiger partial charge in [0.15, 0.2) is 5.78 Å². The Hall–Kier alpha value is -4.44. The molecule has 1 saturated heterocycles. The highest BCUT2D eigenvalue weighted by Gasteiger charge is 2.29. The van der Waals surface area contributed by atoms with Crippen molar-refractivity contribution < 1.29 is 9.59 Å². The summed E-state index contributed by atoms with van der Waals surface area (Å²) >= 11 is 0. The number of likely N-dealkylation sites (tertiary alicyclic amines) is 1. The van der Waals surface area contributed by atoms with Crippen molar-refractivity contribution in [2.75, 3.05) is 18.8 Å². The van der Waals surface area contributed by atoms with Gasteiger partial charge in [-0.1, -0.05) is 60.5 Å². The van der Waals surface area contributed by atoms with Gasteiger partial charge in [-0.3, -0.25) is 9.59 Å². The number of carbonyl (C=O) groups is 2. The number of amides is 1. The zero-order valence-corrected chi connectivity index (χ0v) is 18.7.